The summed E-state index contributed by atoms with van der Waals surface area (Å²) in [5.74, 6) is -1.29. The van der Waals surface area contributed by atoms with Gasteiger partial charge in [0.2, 0.25) is 0 Å². The van der Waals surface area contributed by atoms with Gasteiger partial charge in [0.25, 0.3) is 17.3 Å². The Hall–Kier alpha value is -4.43. The zero-order valence-corrected chi connectivity index (χ0v) is 21.6. The number of benzene rings is 2. The maximum absolute atomic E-state index is 13.0. The third-order valence-electron chi connectivity index (χ3n) is 5.74. The van der Waals surface area contributed by atoms with Gasteiger partial charge in [-0.1, -0.05) is 12.1 Å². The Labute approximate surface area is 222 Å². The van der Waals surface area contributed by atoms with Crippen molar-refractivity contribution in [2.24, 2.45) is 0 Å². The fraction of sp³-hybridized carbons (Fsp3) is 0.292. The number of carbonyl (C=O) groups excluding carboxylic acids is 2. The molecule has 1 amide bonds. The smallest absolute Gasteiger partial charge is 0.338 e. The number of methoxy groups -OCH3 is 1. The molecule has 0 aliphatic carbocycles. The van der Waals surface area contributed by atoms with E-state index in [2.05, 4.69) is 10.6 Å². The highest BCUT2D eigenvalue weighted by Gasteiger charge is 2.34. The number of amides is 1. The molecule has 1 aliphatic rings. The summed E-state index contributed by atoms with van der Waals surface area (Å²) >= 11 is 5.48. The van der Waals surface area contributed by atoms with Gasteiger partial charge < -0.3 is 25.0 Å². The fourth-order valence-corrected chi connectivity index (χ4v) is 4.26. The van der Waals surface area contributed by atoms with Gasteiger partial charge in [-0.3, -0.25) is 25.0 Å². The van der Waals surface area contributed by atoms with E-state index in [0.717, 1.165) is 18.2 Å². The van der Waals surface area contributed by atoms with Gasteiger partial charge in [-0.05, 0) is 43.8 Å². The minimum Gasteiger partial charge on any atom is -0.460 e. The summed E-state index contributed by atoms with van der Waals surface area (Å²) in [6.07, 6.45) is 0. The number of nitrogens with zero attached hydrogens (tertiary/aromatic N) is 3. The lowest BCUT2D eigenvalue weighted by molar-refractivity contribution is -0.394. The lowest BCUT2D eigenvalue weighted by atomic mass is 9.95. The van der Waals surface area contributed by atoms with Crippen molar-refractivity contribution in [2.45, 2.75) is 19.9 Å². The second-order valence-corrected chi connectivity index (χ2v) is 8.47. The summed E-state index contributed by atoms with van der Waals surface area (Å²) in [5, 5.41) is 28.4. The summed E-state index contributed by atoms with van der Waals surface area (Å²) in [6, 6.07) is 8.55. The first kappa shape index (κ1) is 28.1. The second kappa shape index (κ2) is 12.2. The van der Waals surface area contributed by atoms with Crippen LogP contribution in [0.5, 0.6) is 0 Å². The number of anilines is 1. The minimum atomic E-state index is -0.812. The number of hydrogen-bond acceptors (Lipinski definition) is 9. The van der Waals surface area contributed by atoms with E-state index < -0.39 is 39.1 Å². The number of nitrogens with one attached hydrogen (secondary N) is 2. The molecule has 0 radical (unpaired) electrons. The molecule has 1 atom stereocenters. The van der Waals surface area contributed by atoms with Crippen LogP contribution in [0.3, 0.4) is 0 Å². The van der Waals surface area contributed by atoms with Crippen LogP contribution in [-0.4, -0.2) is 58.6 Å². The van der Waals surface area contributed by atoms with Crippen molar-refractivity contribution in [2.75, 3.05) is 32.2 Å². The van der Waals surface area contributed by atoms with Crippen LogP contribution in [0, 0.1) is 20.2 Å². The molecule has 2 N–H and O–H groups in total. The molecule has 0 spiro atoms. The molecule has 2 aromatic carbocycles. The molecule has 14 heteroatoms. The summed E-state index contributed by atoms with van der Waals surface area (Å²) in [6.45, 7) is 4.55. The molecule has 1 unspecified atom stereocenters. The number of nitro benzene ring substituents is 2. The lowest BCUT2D eigenvalue weighted by Crippen LogP contribution is -2.47. The number of thiocarbonyl (C=S) groups is 1. The van der Waals surface area contributed by atoms with Crippen LogP contribution in [0.1, 0.15) is 35.8 Å². The van der Waals surface area contributed by atoms with E-state index in [1.165, 1.54) is 7.11 Å². The molecule has 0 fully saturated rings. The minimum absolute atomic E-state index is 0.0795. The Balaban J connectivity index is 1.86. The van der Waals surface area contributed by atoms with Crippen LogP contribution in [0.4, 0.5) is 17.1 Å². The van der Waals surface area contributed by atoms with Gasteiger partial charge in [-0.25, -0.2) is 4.79 Å². The molecule has 38 heavy (non-hydrogen) atoms. The third-order valence-corrected chi connectivity index (χ3v) is 6.08. The van der Waals surface area contributed by atoms with Crippen LogP contribution in [0.2, 0.25) is 0 Å². The molecule has 13 nitrogen and oxygen atoms in total. The monoisotopic (exact) mass is 543 g/mol. The van der Waals surface area contributed by atoms with E-state index in [-0.39, 0.29) is 18.8 Å². The van der Waals surface area contributed by atoms with E-state index in [0.29, 0.717) is 34.2 Å². The third kappa shape index (κ3) is 6.27. The molecular weight excluding hydrogens is 518 g/mol. The van der Waals surface area contributed by atoms with Crippen LogP contribution in [0.15, 0.2) is 53.7 Å². The van der Waals surface area contributed by atoms with Crippen molar-refractivity contribution in [3.8, 4) is 0 Å². The summed E-state index contributed by atoms with van der Waals surface area (Å²) in [7, 11) is 1.50. The number of esters is 1. The average Bonchev–Trinajstić information content (AvgIpc) is 2.88. The highest BCUT2D eigenvalue weighted by atomic mass is 32.1. The number of allylic oxidation sites excluding steroid dienone is 1. The molecular formula is C24H25N5O8S. The van der Waals surface area contributed by atoms with Crippen LogP contribution >= 0.6 is 12.2 Å². The van der Waals surface area contributed by atoms with Crippen molar-refractivity contribution in [1.82, 2.24) is 10.2 Å². The molecule has 3 rings (SSSR count). The summed E-state index contributed by atoms with van der Waals surface area (Å²) < 4.78 is 10.3. The number of non-ortho nitro benzene ring substituents is 2. The van der Waals surface area contributed by atoms with Gasteiger partial charge >= 0.3 is 5.97 Å². The Bertz CT molecular complexity index is 1280. The van der Waals surface area contributed by atoms with Gasteiger partial charge in [0.05, 0.1) is 39.7 Å². The largest absolute Gasteiger partial charge is 0.460 e. The van der Waals surface area contributed by atoms with Crippen molar-refractivity contribution in [3.63, 3.8) is 0 Å². The number of hydrogen-bond donors (Lipinski definition) is 2. The maximum Gasteiger partial charge on any atom is 0.338 e. The van der Waals surface area contributed by atoms with Gasteiger partial charge in [-0.2, -0.15) is 0 Å². The number of rotatable bonds is 10. The van der Waals surface area contributed by atoms with E-state index in [9.17, 15) is 29.8 Å². The Morgan fingerprint density at radius 3 is 2.21 bits per heavy atom. The SMILES string of the molecule is CCN1C(=S)NC(c2ccc(NC(=O)c3cc([N+](=O)[O-])cc([N+](=O)[O-])c3)cc2)C(C(=O)OCCOC)=C1C. The lowest BCUT2D eigenvalue weighted by Gasteiger charge is -2.37. The first-order valence-corrected chi connectivity index (χ1v) is 11.8. The molecule has 1 heterocycles. The molecule has 2 aromatic rings. The predicted molar refractivity (Wildman–Crippen MR) is 141 cm³/mol. The van der Waals surface area contributed by atoms with E-state index >= 15 is 0 Å². The van der Waals surface area contributed by atoms with Crippen molar-refractivity contribution >= 4 is 46.3 Å². The maximum atomic E-state index is 13.0. The number of nitro groups is 2. The number of carbonyl (C=O) groups is 2. The highest BCUT2D eigenvalue weighted by Crippen LogP contribution is 2.32. The van der Waals surface area contributed by atoms with Gasteiger partial charge in [0, 0.05) is 37.2 Å². The zero-order chi connectivity index (χ0) is 28.0. The summed E-state index contributed by atoms with van der Waals surface area (Å²) in [5.41, 5.74) is 0.607. The Kier molecular flexibility index (Phi) is 9.04. The first-order valence-electron chi connectivity index (χ1n) is 11.4. The van der Waals surface area contributed by atoms with Crippen LogP contribution < -0.4 is 10.6 Å². The highest BCUT2D eigenvalue weighted by molar-refractivity contribution is 7.80. The molecule has 0 saturated carbocycles. The molecule has 0 bridgehead atoms. The van der Waals surface area contributed by atoms with Crippen LogP contribution in [-0.2, 0) is 14.3 Å². The normalized spacial score (nSPS) is 15.1. The Morgan fingerprint density at radius 2 is 1.68 bits per heavy atom. The topological polar surface area (TPSA) is 166 Å². The van der Waals surface area contributed by atoms with Gasteiger partial charge in [-0.15, -0.1) is 0 Å². The second-order valence-electron chi connectivity index (χ2n) is 8.08. The van der Waals surface area contributed by atoms with E-state index in [1.54, 1.807) is 36.1 Å². The quantitative estimate of drug-likeness (QED) is 0.148. The standard InChI is InChI=1S/C24H25N5O8S/c1-4-27-14(2)20(23(31)37-10-9-36-3)21(26-24(27)38)15-5-7-17(8-6-15)25-22(30)16-11-18(28(32)33)13-19(12-16)29(34)35/h5-8,11-13,21H,4,9-10H2,1-3H3,(H,25,30)(H,26,38). The average molecular weight is 544 g/mol. The molecule has 0 aromatic heterocycles. The first-order chi connectivity index (χ1) is 18.1. The molecule has 200 valence electrons. The van der Waals surface area contributed by atoms with Crippen LogP contribution in [0.25, 0.3) is 0 Å². The zero-order valence-electron chi connectivity index (χ0n) is 20.8. The predicted octanol–water partition coefficient (Wildman–Crippen LogP) is 3.47. The van der Waals surface area contributed by atoms with Crippen molar-refractivity contribution < 1.29 is 28.9 Å². The van der Waals surface area contributed by atoms with E-state index in [1.807, 2.05) is 6.92 Å². The van der Waals surface area contributed by atoms with E-state index in [4.69, 9.17) is 21.7 Å². The molecule has 1 aliphatic heterocycles. The number of ether oxygens (including phenoxy) is 2. The molecule has 0 saturated heterocycles. The van der Waals surface area contributed by atoms with Crippen molar-refractivity contribution in [1.29, 1.82) is 0 Å². The van der Waals surface area contributed by atoms with Crippen molar-refractivity contribution in [3.05, 3.63) is 85.1 Å². The van der Waals surface area contributed by atoms with Gasteiger partial charge in [0.15, 0.2) is 5.11 Å². The Morgan fingerprint density at radius 1 is 1.08 bits per heavy atom. The van der Waals surface area contributed by atoms with Gasteiger partial charge in [0.1, 0.15) is 6.61 Å². The fourth-order valence-electron chi connectivity index (χ4n) is 3.87. The summed E-state index contributed by atoms with van der Waals surface area (Å²) in [4.78, 5) is 48.1.